The summed E-state index contributed by atoms with van der Waals surface area (Å²) in [7, 11) is 0. The van der Waals surface area contributed by atoms with E-state index in [0.29, 0.717) is 5.41 Å². The highest BCUT2D eigenvalue weighted by atomic mass is 14.5. The second-order valence-electron chi connectivity index (χ2n) is 3.40. The predicted octanol–water partition coefficient (Wildman–Crippen LogP) is 3.00. The minimum atomic E-state index is 0.649. The van der Waals surface area contributed by atoms with E-state index in [1.807, 2.05) is 0 Å². The fraction of sp³-hybridized carbons (Fsp3) is 0.778. The van der Waals surface area contributed by atoms with Crippen LogP contribution in [-0.2, 0) is 0 Å². The largest absolute Gasteiger partial charge is 0.103 e. The van der Waals surface area contributed by atoms with Gasteiger partial charge in [0.25, 0.3) is 0 Å². The van der Waals surface area contributed by atoms with Crippen molar-refractivity contribution in [3.8, 4) is 0 Å². The van der Waals surface area contributed by atoms with Gasteiger partial charge < -0.3 is 0 Å². The highest BCUT2D eigenvalue weighted by Crippen LogP contribution is 2.52. The lowest BCUT2D eigenvalue weighted by molar-refractivity contribution is 0.396. The Morgan fingerprint density at radius 3 is 2.33 bits per heavy atom. The fourth-order valence-corrected chi connectivity index (χ4v) is 1.51. The molecule has 0 aromatic rings. The molecule has 0 nitrogen and oxygen atoms in total. The molecule has 0 aliphatic heterocycles. The summed E-state index contributed by atoms with van der Waals surface area (Å²) in [5.41, 5.74) is 0.649. The van der Waals surface area contributed by atoms with Crippen molar-refractivity contribution in [2.75, 3.05) is 0 Å². The van der Waals surface area contributed by atoms with Crippen LogP contribution in [0.3, 0.4) is 0 Å². The van der Waals surface area contributed by atoms with Crippen LogP contribution >= 0.6 is 0 Å². The van der Waals surface area contributed by atoms with Crippen molar-refractivity contribution in [1.29, 1.82) is 0 Å². The van der Waals surface area contributed by atoms with Crippen LogP contribution in [0.15, 0.2) is 12.7 Å². The van der Waals surface area contributed by atoms with Gasteiger partial charge in [-0.1, -0.05) is 19.9 Å². The van der Waals surface area contributed by atoms with E-state index in [9.17, 15) is 0 Å². The highest BCUT2D eigenvalue weighted by molar-refractivity contribution is 5.00. The molecule has 0 spiro atoms. The van der Waals surface area contributed by atoms with Gasteiger partial charge in [-0.25, -0.2) is 0 Å². The Labute approximate surface area is 58.0 Å². The van der Waals surface area contributed by atoms with Gasteiger partial charge in [-0.05, 0) is 30.6 Å². The Hall–Kier alpha value is -0.260. The van der Waals surface area contributed by atoms with Crippen molar-refractivity contribution in [2.45, 2.75) is 33.1 Å². The average Bonchev–Trinajstić information content (AvgIpc) is 2.52. The molecule has 52 valence electrons. The Morgan fingerprint density at radius 2 is 2.22 bits per heavy atom. The molecule has 1 atom stereocenters. The minimum Gasteiger partial charge on any atom is -0.103 e. The van der Waals surface area contributed by atoms with E-state index in [2.05, 4.69) is 26.5 Å². The van der Waals surface area contributed by atoms with Gasteiger partial charge in [0.2, 0.25) is 0 Å². The maximum absolute atomic E-state index is 3.84. The van der Waals surface area contributed by atoms with Crippen molar-refractivity contribution in [3.05, 3.63) is 12.7 Å². The molecule has 1 aliphatic carbocycles. The topological polar surface area (TPSA) is 0 Å². The number of allylic oxidation sites excluding steroid dienone is 1. The summed E-state index contributed by atoms with van der Waals surface area (Å²) in [4.78, 5) is 0. The van der Waals surface area contributed by atoms with Gasteiger partial charge >= 0.3 is 0 Å². The molecule has 1 aliphatic rings. The average molecular weight is 124 g/mol. The van der Waals surface area contributed by atoms with Crippen LogP contribution in [-0.4, -0.2) is 0 Å². The number of hydrogen-bond acceptors (Lipinski definition) is 0. The Bertz CT molecular complexity index is 109. The maximum Gasteiger partial charge on any atom is -0.0185 e. The van der Waals surface area contributed by atoms with Gasteiger partial charge in [0.1, 0.15) is 0 Å². The molecule has 0 aromatic carbocycles. The predicted molar refractivity (Wildman–Crippen MR) is 41.3 cm³/mol. The first kappa shape index (κ1) is 6.85. The van der Waals surface area contributed by atoms with Crippen molar-refractivity contribution in [2.24, 2.45) is 11.3 Å². The van der Waals surface area contributed by atoms with Gasteiger partial charge in [-0.3, -0.25) is 0 Å². The van der Waals surface area contributed by atoms with Crippen LogP contribution in [0, 0.1) is 11.3 Å². The molecule has 0 amide bonds. The SMILES string of the molecule is C=CC(CC)C1(C)CC1. The van der Waals surface area contributed by atoms with Gasteiger partial charge in [0, 0.05) is 0 Å². The van der Waals surface area contributed by atoms with Crippen LogP contribution in [0.2, 0.25) is 0 Å². The first-order valence-corrected chi connectivity index (χ1v) is 3.85. The summed E-state index contributed by atoms with van der Waals surface area (Å²) < 4.78 is 0. The molecule has 1 unspecified atom stereocenters. The van der Waals surface area contributed by atoms with Crippen molar-refractivity contribution < 1.29 is 0 Å². The van der Waals surface area contributed by atoms with Crippen LogP contribution in [0.1, 0.15) is 33.1 Å². The third kappa shape index (κ3) is 1.17. The Balaban J connectivity index is 2.46. The maximum atomic E-state index is 3.84. The van der Waals surface area contributed by atoms with Crippen LogP contribution in [0.4, 0.5) is 0 Å². The zero-order valence-corrected chi connectivity index (χ0v) is 6.48. The van der Waals surface area contributed by atoms with Crippen molar-refractivity contribution >= 4 is 0 Å². The lowest BCUT2D eigenvalue weighted by Gasteiger charge is -2.16. The lowest BCUT2D eigenvalue weighted by atomic mass is 9.89. The van der Waals surface area contributed by atoms with E-state index >= 15 is 0 Å². The molecular weight excluding hydrogens is 108 g/mol. The summed E-state index contributed by atoms with van der Waals surface area (Å²) in [6.07, 6.45) is 6.21. The van der Waals surface area contributed by atoms with Gasteiger partial charge in [-0.15, -0.1) is 6.58 Å². The zero-order valence-electron chi connectivity index (χ0n) is 6.48. The fourth-order valence-electron chi connectivity index (χ4n) is 1.51. The molecule has 0 radical (unpaired) electrons. The van der Waals surface area contributed by atoms with Crippen molar-refractivity contribution in [3.63, 3.8) is 0 Å². The molecule has 0 heterocycles. The zero-order chi connectivity index (χ0) is 6.91. The summed E-state index contributed by atoms with van der Waals surface area (Å²) in [5.74, 6) is 0.775. The summed E-state index contributed by atoms with van der Waals surface area (Å²) in [6.45, 7) is 8.45. The molecular formula is C9H16. The lowest BCUT2D eigenvalue weighted by Crippen LogP contribution is -2.07. The molecule has 9 heavy (non-hydrogen) atoms. The molecule has 0 saturated heterocycles. The van der Waals surface area contributed by atoms with Crippen LogP contribution in [0.5, 0.6) is 0 Å². The normalized spacial score (nSPS) is 25.1. The van der Waals surface area contributed by atoms with Gasteiger partial charge in [-0.2, -0.15) is 0 Å². The van der Waals surface area contributed by atoms with Crippen LogP contribution < -0.4 is 0 Å². The summed E-state index contributed by atoms with van der Waals surface area (Å²) >= 11 is 0. The van der Waals surface area contributed by atoms with Crippen molar-refractivity contribution in [1.82, 2.24) is 0 Å². The summed E-state index contributed by atoms with van der Waals surface area (Å²) in [5, 5.41) is 0. The molecule has 0 N–H and O–H groups in total. The molecule has 1 rings (SSSR count). The molecule has 0 aromatic heterocycles. The van der Waals surface area contributed by atoms with Gasteiger partial charge in [0.15, 0.2) is 0 Å². The third-order valence-electron chi connectivity index (χ3n) is 2.66. The quantitative estimate of drug-likeness (QED) is 0.507. The molecule has 1 saturated carbocycles. The second kappa shape index (κ2) is 2.17. The monoisotopic (exact) mass is 124 g/mol. The smallest absolute Gasteiger partial charge is 0.0185 e. The Kier molecular flexibility index (Phi) is 1.65. The Morgan fingerprint density at radius 1 is 1.67 bits per heavy atom. The molecule has 0 bridgehead atoms. The van der Waals surface area contributed by atoms with Crippen LogP contribution in [0.25, 0.3) is 0 Å². The van der Waals surface area contributed by atoms with E-state index in [0.717, 1.165) is 5.92 Å². The van der Waals surface area contributed by atoms with E-state index in [-0.39, 0.29) is 0 Å². The number of hydrogen-bond donors (Lipinski definition) is 0. The number of rotatable bonds is 3. The first-order chi connectivity index (χ1) is 4.23. The first-order valence-electron chi connectivity index (χ1n) is 3.85. The minimum absolute atomic E-state index is 0.649. The van der Waals surface area contributed by atoms with E-state index in [1.165, 1.54) is 19.3 Å². The van der Waals surface area contributed by atoms with Gasteiger partial charge in [0.05, 0.1) is 0 Å². The van der Waals surface area contributed by atoms with E-state index in [4.69, 9.17) is 0 Å². The van der Waals surface area contributed by atoms with E-state index in [1.54, 1.807) is 0 Å². The third-order valence-corrected chi connectivity index (χ3v) is 2.66. The standard InChI is InChI=1S/C9H16/c1-4-8(5-2)9(3)6-7-9/h4,8H,1,5-7H2,2-3H3. The molecule has 0 heteroatoms. The van der Waals surface area contributed by atoms with E-state index < -0.39 is 0 Å². The second-order valence-corrected chi connectivity index (χ2v) is 3.40. The summed E-state index contributed by atoms with van der Waals surface area (Å²) in [6, 6.07) is 0. The molecule has 1 fully saturated rings. The highest BCUT2D eigenvalue weighted by Gasteiger charge is 2.42.